The van der Waals surface area contributed by atoms with Gasteiger partial charge in [-0.2, -0.15) is 0 Å². The van der Waals surface area contributed by atoms with E-state index in [9.17, 15) is 25.2 Å². The third-order valence-corrected chi connectivity index (χ3v) is 11.5. The number of esters is 1. The Kier molecular flexibility index (Phi) is 37.7. The summed E-state index contributed by atoms with van der Waals surface area (Å²) in [6, 6.07) is 0. The molecule has 1 rings (SSSR count). The van der Waals surface area contributed by atoms with Crippen LogP contribution in [-0.2, 0) is 23.7 Å². The van der Waals surface area contributed by atoms with Gasteiger partial charge in [0.15, 0.2) is 6.29 Å². The number of carbonyl (C=O) groups excluding carboxylic acids is 1. The maximum atomic E-state index is 12.8. The first kappa shape index (κ1) is 53.2. The summed E-state index contributed by atoms with van der Waals surface area (Å²) >= 11 is 0. The highest BCUT2D eigenvalue weighted by atomic mass is 16.7. The van der Waals surface area contributed by atoms with Crippen molar-refractivity contribution in [2.45, 2.75) is 269 Å². The molecule has 9 heteroatoms. The average molecular weight is 801 g/mol. The lowest BCUT2D eigenvalue weighted by atomic mass is 9.99. The summed E-state index contributed by atoms with van der Waals surface area (Å²) in [6.45, 7) is 4.62. The van der Waals surface area contributed by atoms with E-state index in [2.05, 4.69) is 13.8 Å². The number of ether oxygens (including phenoxy) is 4. The quantitative estimate of drug-likeness (QED) is 0.0351. The van der Waals surface area contributed by atoms with Gasteiger partial charge in [0.05, 0.1) is 19.8 Å². The largest absolute Gasteiger partial charge is 0.457 e. The van der Waals surface area contributed by atoms with Gasteiger partial charge in [-0.3, -0.25) is 4.79 Å². The lowest BCUT2D eigenvalue weighted by molar-refractivity contribution is -0.305. The Morgan fingerprint density at radius 3 is 1.27 bits per heavy atom. The molecule has 1 aliphatic rings. The van der Waals surface area contributed by atoms with Gasteiger partial charge in [-0.25, -0.2) is 0 Å². The second-order valence-corrected chi connectivity index (χ2v) is 16.9. The predicted octanol–water partition coefficient (Wildman–Crippen LogP) is 11.0. The molecular weight excluding hydrogens is 709 g/mol. The van der Waals surface area contributed by atoms with Crippen molar-refractivity contribution in [3.05, 3.63) is 0 Å². The summed E-state index contributed by atoms with van der Waals surface area (Å²) in [7, 11) is 0. The molecule has 1 saturated heterocycles. The van der Waals surface area contributed by atoms with Gasteiger partial charge in [0.1, 0.15) is 30.5 Å². The molecule has 0 aromatic rings. The smallest absolute Gasteiger partial charge is 0.306 e. The van der Waals surface area contributed by atoms with Crippen LogP contribution >= 0.6 is 0 Å². The molecule has 0 aromatic heterocycles. The summed E-state index contributed by atoms with van der Waals surface area (Å²) in [6.07, 6.45) is 35.6. The SMILES string of the molecule is CCCCCCCCCCCCCCCCCCCCOCC(COC1OC(CO)C(O)C(O)C1O)OC(=O)CCCCCCCCCCCCCCCCC. The maximum absolute atomic E-state index is 12.8. The number of hydrogen-bond donors (Lipinski definition) is 4. The van der Waals surface area contributed by atoms with E-state index >= 15 is 0 Å². The zero-order valence-corrected chi connectivity index (χ0v) is 36.7. The fourth-order valence-corrected chi connectivity index (χ4v) is 7.73. The normalized spacial score (nSPS) is 20.4. The van der Waals surface area contributed by atoms with Crippen LogP contribution in [0.5, 0.6) is 0 Å². The summed E-state index contributed by atoms with van der Waals surface area (Å²) in [5.41, 5.74) is 0. The van der Waals surface area contributed by atoms with Crippen molar-refractivity contribution in [3.63, 3.8) is 0 Å². The van der Waals surface area contributed by atoms with Crippen molar-refractivity contribution in [2.75, 3.05) is 26.4 Å². The van der Waals surface area contributed by atoms with E-state index < -0.39 is 43.4 Å². The van der Waals surface area contributed by atoms with Gasteiger partial charge in [-0.1, -0.05) is 213 Å². The van der Waals surface area contributed by atoms with Crippen LogP contribution in [-0.4, -0.2) is 89.6 Å². The second kappa shape index (κ2) is 39.6. The third kappa shape index (κ3) is 30.3. The minimum Gasteiger partial charge on any atom is -0.457 e. The van der Waals surface area contributed by atoms with Gasteiger partial charge < -0.3 is 39.4 Å². The summed E-state index contributed by atoms with van der Waals surface area (Å²) in [5.74, 6) is -0.307. The van der Waals surface area contributed by atoms with Crippen LogP contribution in [0, 0.1) is 0 Å². The monoisotopic (exact) mass is 801 g/mol. The number of carbonyl (C=O) groups is 1. The highest BCUT2D eigenvalue weighted by molar-refractivity contribution is 5.69. The van der Waals surface area contributed by atoms with E-state index in [1.165, 1.54) is 180 Å². The molecule has 334 valence electrons. The van der Waals surface area contributed by atoms with Crippen molar-refractivity contribution in [1.29, 1.82) is 0 Å². The molecule has 6 unspecified atom stereocenters. The first-order valence-corrected chi connectivity index (χ1v) is 24.1. The zero-order chi connectivity index (χ0) is 40.7. The Balaban J connectivity index is 2.21. The number of rotatable bonds is 42. The van der Waals surface area contributed by atoms with E-state index in [0.717, 1.165) is 32.1 Å². The van der Waals surface area contributed by atoms with Gasteiger partial charge in [0.25, 0.3) is 0 Å². The molecule has 0 radical (unpaired) electrons. The molecule has 1 heterocycles. The minimum atomic E-state index is -1.53. The van der Waals surface area contributed by atoms with Crippen molar-refractivity contribution < 1.29 is 44.2 Å². The van der Waals surface area contributed by atoms with Crippen molar-refractivity contribution in [1.82, 2.24) is 0 Å². The molecule has 0 aliphatic carbocycles. The molecule has 4 N–H and O–H groups in total. The van der Waals surface area contributed by atoms with E-state index in [0.29, 0.717) is 13.0 Å². The van der Waals surface area contributed by atoms with E-state index in [4.69, 9.17) is 18.9 Å². The van der Waals surface area contributed by atoms with Gasteiger partial charge in [0, 0.05) is 13.0 Å². The third-order valence-electron chi connectivity index (χ3n) is 11.5. The molecular formula is C47H92O9. The Labute approximate surface area is 344 Å². The highest BCUT2D eigenvalue weighted by Gasteiger charge is 2.44. The van der Waals surface area contributed by atoms with Gasteiger partial charge in [0.2, 0.25) is 0 Å². The fraction of sp³-hybridized carbons (Fsp3) is 0.979. The Morgan fingerprint density at radius 2 is 0.875 bits per heavy atom. The van der Waals surface area contributed by atoms with Crippen LogP contribution in [0.1, 0.15) is 232 Å². The Morgan fingerprint density at radius 1 is 0.500 bits per heavy atom. The fourth-order valence-electron chi connectivity index (χ4n) is 7.73. The Bertz CT molecular complexity index is 827. The average Bonchev–Trinajstić information content (AvgIpc) is 3.20. The lowest BCUT2D eigenvalue weighted by Crippen LogP contribution is -2.59. The lowest BCUT2D eigenvalue weighted by Gasteiger charge is -2.39. The topological polar surface area (TPSA) is 135 Å². The summed E-state index contributed by atoms with van der Waals surface area (Å²) in [4.78, 5) is 12.8. The summed E-state index contributed by atoms with van der Waals surface area (Å²) in [5, 5.41) is 40.1. The molecule has 0 spiro atoms. The second-order valence-electron chi connectivity index (χ2n) is 16.9. The predicted molar refractivity (Wildman–Crippen MR) is 229 cm³/mol. The van der Waals surface area contributed by atoms with Gasteiger partial charge in [-0.05, 0) is 12.8 Å². The van der Waals surface area contributed by atoms with Crippen LogP contribution < -0.4 is 0 Å². The summed E-state index contributed by atoms with van der Waals surface area (Å²) < 4.78 is 22.9. The molecule has 0 amide bonds. The Hall–Kier alpha value is -0.810. The maximum Gasteiger partial charge on any atom is 0.306 e. The van der Waals surface area contributed by atoms with Gasteiger partial charge in [-0.15, -0.1) is 0 Å². The van der Waals surface area contributed by atoms with E-state index in [1.807, 2.05) is 0 Å². The number of hydrogen-bond acceptors (Lipinski definition) is 9. The molecule has 0 aromatic carbocycles. The number of unbranched alkanes of at least 4 members (excludes halogenated alkanes) is 31. The van der Waals surface area contributed by atoms with Crippen molar-refractivity contribution in [2.24, 2.45) is 0 Å². The van der Waals surface area contributed by atoms with Crippen LogP contribution in [0.2, 0.25) is 0 Å². The van der Waals surface area contributed by atoms with Crippen molar-refractivity contribution >= 4 is 5.97 Å². The van der Waals surface area contributed by atoms with Crippen LogP contribution in [0.4, 0.5) is 0 Å². The standard InChI is InChI=1S/C47H92O9/c1-3-5-7-9-11-13-15-17-19-20-21-23-25-27-29-31-33-35-37-53-39-41(40-54-47-46(52)45(51)44(50)42(38-48)56-47)55-43(49)36-34-32-30-28-26-24-22-18-16-14-12-10-8-6-4-2/h41-42,44-48,50-52H,3-40H2,1-2H3. The zero-order valence-electron chi connectivity index (χ0n) is 36.7. The highest BCUT2D eigenvalue weighted by Crippen LogP contribution is 2.23. The number of aliphatic hydroxyl groups is 4. The first-order chi connectivity index (χ1) is 27.4. The molecule has 1 fully saturated rings. The van der Waals surface area contributed by atoms with Crippen LogP contribution in [0.3, 0.4) is 0 Å². The molecule has 0 bridgehead atoms. The van der Waals surface area contributed by atoms with E-state index in [-0.39, 0.29) is 19.2 Å². The van der Waals surface area contributed by atoms with Crippen LogP contribution in [0.15, 0.2) is 0 Å². The van der Waals surface area contributed by atoms with Gasteiger partial charge >= 0.3 is 5.97 Å². The molecule has 9 nitrogen and oxygen atoms in total. The molecule has 0 saturated carbocycles. The molecule has 1 aliphatic heterocycles. The van der Waals surface area contributed by atoms with Crippen LogP contribution in [0.25, 0.3) is 0 Å². The number of aliphatic hydroxyl groups excluding tert-OH is 4. The minimum absolute atomic E-state index is 0.105. The molecule has 6 atom stereocenters. The van der Waals surface area contributed by atoms with Crippen molar-refractivity contribution in [3.8, 4) is 0 Å². The molecule has 56 heavy (non-hydrogen) atoms. The van der Waals surface area contributed by atoms with E-state index in [1.54, 1.807) is 0 Å². The first-order valence-electron chi connectivity index (χ1n) is 24.1.